The summed E-state index contributed by atoms with van der Waals surface area (Å²) in [5.41, 5.74) is 0.0629. The van der Waals surface area contributed by atoms with Gasteiger partial charge in [-0.1, -0.05) is 35.1 Å². The van der Waals surface area contributed by atoms with E-state index >= 15 is 0 Å². The summed E-state index contributed by atoms with van der Waals surface area (Å²) >= 11 is 7.17. The van der Waals surface area contributed by atoms with Gasteiger partial charge < -0.3 is 19.9 Å². The summed E-state index contributed by atoms with van der Waals surface area (Å²) in [5, 5.41) is 13.5. The molecular formula is C25H21ClF3N3O4S. The largest absolute Gasteiger partial charge is 0.586 e. The molecule has 1 aromatic heterocycles. The second kappa shape index (κ2) is 8.87. The molecule has 0 spiro atoms. The maximum Gasteiger partial charge on any atom is 0.586 e. The fourth-order valence-electron chi connectivity index (χ4n) is 4.96. The normalized spacial score (nSPS) is 22.1. The number of thiazole rings is 1. The molecule has 194 valence electrons. The highest BCUT2D eigenvalue weighted by atomic mass is 35.5. The number of hydrogen-bond acceptors (Lipinski definition) is 7. The first kappa shape index (κ1) is 24.5. The third kappa shape index (κ3) is 4.54. The van der Waals surface area contributed by atoms with E-state index in [0.29, 0.717) is 53.5 Å². The smallest absolute Gasteiger partial charge is 0.395 e. The van der Waals surface area contributed by atoms with Gasteiger partial charge in [-0.3, -0.25) is 9.69 Å². The number of hydrogen-bond donors (Lipinski definition) is 2. The maximum absolute atomic E-state index is 14.9. The lowest BCUT2D eigenvalue weighted by Gasteiger charge is -2.27. The first-order chi connectivity index (χ1) is 17.6. The van der Waals surface area contributed by atoms with E-state index in [9.17, 15) is 23.1 Å². The van der Waals surface area contributed by atoms with Crippen molar-refractivity contribution in [1.82, 2.24) is 9.88 Å². The molecule has 7 nitrogen and oxygen atoms in total. The Kier molecular flexibility index (Phi) is 5.86. The van der Waals surface area contributed by atoms with Crippen LogP contribution in [0.2, 0.25) is 5.02 Å². The number of nitrogens with one attached hydrogen (secondary N) is 1. The van der Waals surface area contributed by atoms with Gasteiger partial charge in [0.15, 0.2) is 16.6 Å². The zero-order valence-corrected chi connectivity index (χ0v) is 20.8. The number of amides is 1. The third-order valence-electron chi connectivity index (χ3n) is 6.97. The number of likely N-dealkylation sites (tertiary alicyclic amines) is 1. The quantitative estimate of drug-likeness (QED) is 0.444. The van der Waals surface area contributed by atoms with Crippen molar-refractivity contribution in [2.45, 2.75) is 43.1 Å². The molecule has 0 radical (unpaired) electrons. The van der Waals surface area contributed by atoms with Crippen LogP contribution in [0.5, 0.6) is 11.5 Å². The molecule has 2 aliphatic heterocycles. The summed E-state index contributed by atoms with van der Waals surface area (Å²) in [7, 11) is 0. The number of carbonyl (C=O) groups is 1. The lowest BCUT2D eigenvalue weighted by atomic mass is 9.94. The number of aliphatic hydroxyl groups excluding tert-OH is 1. The number of benzene rings is 2. The van der Waals surface area contributed by atoms with Crippen molar-refractivity contribution in [3.63, 3.8) is 0 Å². The highest BCUT2D eigenvalue weighted by molar-refractivity contribution is 7.15. The van der Waals surface area contributed by atoms with Gasteiger partial charge in [-0.25, -0.2) is 9.37 Å². The van der Waals surface area contributed by atoms with Crippen LogP contribution in [0.4, 0.5) is 18.3 Å². The van der Waals surface area contributed by atoms with E-state index in [2.05, 4.69) is 19.8 Å². The van der Waals surface area contributed by atoms with E-state index in [-0.39, 0.29) is 22.4 Å². The van der Waals surface area contributed by atoms with E-state index in [1.54, 1.807) is 24.4 Å². The SMILES string of the molecule is O=C(Nc1ncc([C@H](c2ccc(Cl)cc2F)N2CC[C@H](O)C2)s1)C1(c2ccc3c(c2)OC(F)(F)O3)CC1. The van der Waals surface area contributed by atoms with Gasteiger partial charge in [0, 0.05) is 34.7 Å². The highest BCUT2D eigenvalue weighted by Crippen LogP contribution is 2.52. The predicted molar refractivity (Wildman–Crippen MR) is 130 cm³/mol. The van der Waals surface area contributed by atoms with E-state index in [4.69, 9.17) is 11.6 Å². The van der Waals surface area contributed by atoms with Gasteiger partial charge in [0.2, 0.25) is 5.91 Å². The Morgan fingerprint density at radius 1 is 1.22 bits per heavy atom. The molecule has 1 aliphatic carbocycles. The Bertz CT molecular complexity index is 1380. The number of rotatable bonds is 6. The number of halogens is 4. The molecule has 0 bridgehead atoms. The van der Waals surface area contributed by atoms with Crippen LogP contribution < -0.4 is 14.8 Å². The molecular weight excluding hydrogens is 531 g/mol. The average molecular weight is 552 g/mol. The Morgan fingerprint density at radius 2 is 2.00 bits per heavy atom. The number of aliphatic hydroxyl groups is 1. The van der Waals surface area contributed by atoms with Crippen LogP contribution in [0.3, 0.4) is 0 Å². The number of fused-ring (bicyclic) bond motifs is 1. The predicted octanol–water partition coefficient (Wildman–Crippen LogP) is 5.08. The van der Waals surface area contributed by atoms with Gasteiger partial charge in [-0.05, 0) is 49.1 Å². The van der Waals surface area contributed by atoms with Crippen molar-refractivity contribution in [3.8, 4) is 11.5 Å². The number of ether oxygens (including phenoxy) is 2. The van der Waals surface area contributed by atoms with Gasteiger partial charge in [0.05, 0.1) is 17.6 Å². The van der Waals surface area contributed by atoms with Crippen molar-refractivity contribution in [3.05, 3.63) is 69.4 Å². The molecule has 1 saturated carbocycles. The summed E-state index contributed by atoms with van der Waals surface area (Å²) in [6.07, 6.45) is -1.01. The van der Waals surface area contributed by atoms with Crippen LogP contribution in [0.15, 0.2) is 42.6 Å². The van der Waals surface area contributed by atoms with Crippen LogP contribution in [-0.4, -0.2) is 46.4 Å². The monoisotopic (exact) mass is 551 g/mol. The second-order valence-corrected chi connectivity index (χ2v) is 10.9. The first-order valence-electron chi connectivity index (χ1n) is 11.7. The average Bonchev–Trinajstić information content (AvgIpc) is 3.16. The van der Waals surface area contributed by atoms with Crippen molar-refractivity contribution in [2.24, 2.45) is 0 Å². The molecule has 2 N–H and O–H groups in total. The zero-order valence-electron chi connectivity index (χ0n) is 19.2. The summed E-state index contributed by atoms with van der Waals surface area (Å²) < 4.78 is 50.7. The third-order valence-corrected chi connectivity index (χ3v) is 8.17. The molecule has 2 atom stereocenters. The van der Waals surface area contributed by atoms with E-state index in [0.717, 1.165) is 0 Å². The van der Waals surface area contributed by atoms with E-state index < -0.39 is 29.7 Å². The van der Waals surface area contributed by atoms with Gasteiger partial charge in [-0.2, -0.15) is 0 Å². The molecule has 3 heterocycles. The minimum atomic E-state index is -3.73. The fraction of sp³-hybridized carbons (Fsp3) is 0.360. The Labute approximate surface area is 218 Å². The number of alkyl halides is 2. The molecule has 12 heteroatoms. The zero-order chi connectivity index (χ0) is 25.9. The van der Waals surface area contributed by atoms with Crippen molar-refractivity contribution in [2.75, 3.05) is 18.4 Å². The van der Waals surface area contributed by atoms with Crippen LogP contribution in [0, 0.1) is 5.82 Å². The van der Waals surface area contributed by atoms with Crippen LogP contribution >= 0.6 is 22.9 Å². The number of β-amino-alcohol motifs (C(OH)–C–C–N with tert-alkyl or cyclic N) is 1. The summed E-state index contributed by atoms with van der Waals surface area (Å²) in [5.74, 6) is -0.978. The highest BCUT2D eigenvalue weighted by Gasteiger charge is 2.53. The van der Waals surface area contributed by atoms with Crippen LogP contribution in [-0.2, 0) is 10.2 Å². The molecule has 3 aromatic rings. The minimum Gasteiger partial charge on any atom is -0.395 e. The lowest BCUT2D eigenvalue weighted by Crippen LogP contribution is -2.28. The van der Waals surface area contributed by atoms with Gasteiger partial charge >= 0.3 is 6.29 Å². The standard InChI is InChI=1S/C25H21ClF3N3O4S/c26-14-2-3-16(17(27)10-14)21(32-8-5-15(33)12-32)20-11-30-23(37-20)31-22(34)24(6-7-24)13-1-4-18-19(9-13)36-25(28,29)35-18/h1-4,9-11,15,21,33H,5-8,12H2,(H,30,31,34)/t15-,21-/m0/s1. The molecule has 6 rings (SSSR count). The Balaban J connectivity index is 1.24. The topological polar surface area (TPSA) is 83.9 Å². The molecule has 2 aromatic carbocycles. The number of aromatic nitrogens is 1. The second-order valence-electron chi connectivity index (χ2n) is 9.44. The Morgan fingerprint density at radius 3 is 2.70 bits per heavy atom. The van der Waals surface area contributed by atoms with Crippen molar-refractivity contribution >= 4 is 34.0 Å². The first-order valence-corrected chi connectivity index (χ1v) is 12.9. The van der Waals surface area contributed by atoms with Crippen LogP contribution in [0.25, 0.3) is 0 Å². The summed E-state index contributed by atoms with van der Waals surface area (Å²) in [6.45, 7) is 0.943. The molecule has 2 fully saturated rings. The van der Waals surface area contributed by atoms with Crippen molar-refractivity contribution in [1.29, 1.82) is 0 Å². The van der Waals surface area contributed by atoms with Crippen molar-refractivity contribution < 1.29 is 32.5 Å². The summed E-state index contributed by atoms with van der Waals surface area (Å²) in [6, 6.07) is 8.33. The van der Waals surface area contributed by atoms with E-state index in [1.165, 1.54) is 29.5 Å². The molecule has 0 unspecified atom stereocenters. The van der Waals surface area contributed by atoms with Crippen LogP contribution in [0.1, 0.15) is 41.3 Å². The maximum atomic E-state index is 14.9. The molecule has 1 saturated heterocycles. The Hall–Kier alpha value is -2.86. The number of nitrogens with zero attached hydrogens (tertiary/aromatic N) is 2. The minimum absolute atomic E-state index is 0.0815. The molecule has 37 heavy (non-hydrogen) atoms. The van der Waals surface area contributed by atoms with E-state index in [1.807, 2.05) is 4.90 Å². The molecule has 1 amide bonds. The lowest BCUT2D eigenvalue weighted by molar-refractivity contribution is -0.286. The van der Waals surface area contributed by atoms with Gasteiger partial charge in [0.1, 0.15) is 5.82 Å². The number of anilines is 1. The number of carbonyl (C=O) groups excluding carboxylic acids is 1. The molecule has 3 aliphatic rings. The summed E-state index contributed by atoms with van der Waals surface area (Å²) in [4.78, 5) is 20.3. The van der Waals surface area contributed by atoms with Gasteiger partial charge in [-0.15, -0.1) is 8.78 Å². The fourth-order valence-corrected chi connectivity index (χ4v) is 6.09. The van der Waals surface area contributed by atoms with Gasteiger partial charge in [0.25, 0.3) is 0 Å².